The molecule has 7 nitrogen and oxygen atoms in total. The summed E-state index contributed by atoms with van der Waals surface area (Å²) in [4.78, 5) is 28.8. The second kappa shape index (κ2) is 15.6. The highest BCUT2D eigenvalue weighted by Crippen LogP contribution is 2.21. The molecule has 0 radical (unpaired) electrons. The minimum absolute atomic E-state index is 0.0357. The molecule has 2 aromatic rings. The van der Waals surface area contributed by atoms with Crippen LogP contribution in [0.15, 0.2) is 66.9 Å². The van der Waals surface area contributed by atoms with E-state index < -0.39 is 0 Å². The zero-order valence-electron chi connectivity index (χ0n) is 20.6. The fourth-order valence-corrected chi connectivity index (χ4v) is 3.36. The molecule has 2 heterocycles. The van der Waals surface area contributed by atoms with Crippen LogP contribution in [0, 0.1) is 0 Å². The van der Waals surface area contributed by atoms with Crippen molar-refractivity contribution in [1.82, 2.24) is 19.8 Å². The third kappa shape index (κ3) is 9.37. The van der Waals surface area contributed by atoms with E-state index >= 15 is 0 Å². The Morgan fingerprint density at radius 3 is 2.65 bits per heavy atom. The van der Waals surface area contributed by atoms with E-state index in [9.17, 15) is 9.59 Å². The Kier molecular flexibility index (Phi) is 13.3. The van der Waals surface area contributed by atoms with Gasteiger partial charge in [0.15, 0.2) is 6.29 Å². The van der Waals surface area contributed by atoms with Gasteiger partial charge in [-0.2, -0.15) is 0 Å². The number of ether oxygens (including phenoxy) is 1. The SMILES string of the molecule is C=C/C=C\C(=C/C)C[C@@H](CCNC)N(C)C(=O)c1cc(Cl)nc(OC)c1.Cn1cccc1C=O. The molecule has 2 rings (SSSR count). The predicted octanol–water partition coefficient (Wildman–Crippen LogP) is 4.71. The molecular formula is C26H35ClN4O3. The van der Waals surface area contributed by atoms with Crippen LogP contribution in [0.25, 0.3) is 0 Å². The zero-order valence-corrected chi connectivity index (χ0v) is 21.4. The average molecular weight is 487 g/mol. The Balaban J connectivity index is 0.000000605. The van der Waals surface area contributed by atoms with Crippen molar-refractivity contribution in [2.45, 2.75) is 25.8 Å². The zero-order chi connectivity index (χ0) is 25.5. The maximum Gasteiger partial charge on any atom is 0.254 e. The molecule has 1 amide bonds. The molecule has 2 aromatic heterocycles. The molecule has 0 aliphatic carbocycles. The van der Waals surface area contributed by atoms with Crippen LogP contribution in [0.2, 0.25) is 5.15 Å². The molecule has 34 heavy (non-hydrogen) atoms. The van der Waals surface area contributed by atoms with Crippen molar-refractivity contribution < 1.29 is 14.3 Å². The van der Waals surface area contributed by atoms with Crippen LogP contribution >= 0.6 is 11.6 Å². The maximum atomic E-state index is 13.0. The van der Waals surface area contributed by atoms with E-state index in [2.05, 4.69) is 23.0 Å². The van der Waals surface area contributed by atoms with Crippen molar-refractivity contribution in [2.75, 3.05) is 27.7 Å². The molecule has 0 bridgehead atoms. The number of hydrogen-bond acceptors (Lipinski definition) is 5. The molecule has 1 N–H and O–H groups in total. The second-order valence-electron chi connectivity index (χ2n) is 7.51. The average Bonchev–Trinajstić information content (AvgIpc) is 3.27. The minimum atomic E-state index is -0.114. The van der Waals surface area contributed by atoms with Gasteiger partial charge in [0.05, 0.1) is 12.8 Å². The number of hydrogen-bond donors (Lipinski definition) is 1. The van der Waals surface area contributed by atoms with Crippen molar-refractivity contribution in [3.63, 3.8) is 0 Å². The topological polar surface area (TPSA) is 76.5 Å². The van der Waals surface area contributed by atoms with Gasteiger partial charge in [0.2, 0.25) is 5.88 Å². The summed E-state index contributed by atoms with van der Waals surface area (Å²) in [6.07, 6.45) is 12.0. The van der Waals surface area contributed by atoms with E-state index in [1.807, 2.05) is 52.5 Å². The van der Waals surface area contributed by atoms with Crippen LogP contribution in [0.1, 0.15) is 40.6 Å². The van der Waals surface area contributed by atoms with Crippen molar-refractivity contribution in [2.24, 2.45) is 7.05 Å². The largest absolute Gasteiger partial charge is 0.481 e. The highest BCUT2D eigenvalue weighted by Gasteiger charge is 2.22. The van der Waals surface area contributed by atoms with Crippen LogP contribution in [0.3, 0.4) is 0 Å². The number of aldehydes is 1. The van der Waals surface area contributed by atoms with Crippen LogP contribution in [-0.4, -0.2) is 60.4 Å². The number of allylic oxidation sites excluding steroid dienone is 4. The van der Waals surface area contributed by atoms with Crippen molar-refractivity contribution in [3.05, 3.63) is 83.3 Å². The Hall–Kier alpha value is -3.16. The fraction of sp³-hybridized carbons (Fsp3) is 0.346. The first-order chi connectivity index (χ1) is 16.3. The van der Waals surface area contributed by atoms with Gasteiger partial charge in [0.1, 0.15) is 5.15 Å². The summed E-state index contributed by atoms with van der Waals surface area (Å²) in [6, 6.07) is 6.81. The molecule has 0 aliphatic rings. The molecule has 184 valence electrons. The number of methoxy groups -OCH3 is 1. The van der Waals surface area contributed by atoms with Crippen LogP contribution in [-0.2, 0) is 7.05 Å². The lowest BCUT2D eigenvalue weighted by Crippen LogP contribution is -2.39. The Labute approximate surface area is 207 Å². The molecule has 0 aliphatic heterocycles. The summed E-state index contributed by atoms with van der Waals surface area (Å²) in [5, 5.41) is 3.38. The number of aryl methyl sites for hydroxylation is 1. The summed E-state index contributed by atoms with van der Waals surface area (Å²) < 4.78 is 6.88. The van der Waals surface area contributed by atoms with Crippen LogP contribution < -0.4 is 10.1 Å². The van der Waals surface area contributed by atoms with Gasteiger partial charge >= 0.3 is 0 Å². The number of pyridine rings is 1. The monoisotopic (exact) mass is 486 g/mol. The van der Waals surface area contributed by atoms with E-state index in [0.717, 1.165) is 31.2 Å². The van der Waals surface area contributed by atoms with E-state index in [1.54, 1.807) is 33.7 Å². The molecular weight excluding hydrogens is 452 g/mol. The molecule has 0 saturated heterocycles. The van der Waals surface area contributed by atoms with Crippen molar-refractivity contribution >= 4 is 23.8 Å². The molecule has 0 unspecified atom stereocenters. The summed E-state index contributed by atoms with van der Waals surface area (Å²) in [5.74, 6) is 0.209. The van der Waals surface area contributed by atoms with E-state index in [0.29, 0.717) is 17.1 Å². The first-order valence-corrected chi connectivity index (χ1v) is 11.3. The highest BCUT2D eigenvalue weighted by molar-refractivity contribution is 6.29. The number of aromatic nitrogens is 2. The van der Waals surface area contributed by atoms with Crippen molar-refractivity contribution in [3.8, 4) is 5.88 Å². The van der Waals surface area contributed by atoms with Gasteiger partial charge in [-0.25, -0.2) is 4.98 Å². The van der Waals surface area contributed by atoms with Gasteiger partial charge in [-0.3, -0.25) is 9.59 Å². The molecule has 1 atom stereocenters. The standard InChI is InChI=1S/C20H28ClN3O2.C6H7NO/c1-6-8-9-15(7-2)12-17(10-11-22-3)24(4)20(25)16-13-18(21)23-19(14-16)26-5;1-7-4-2-3-6(7)5-8/h6-9,13-14,17,22H,1,10-12H2,2-5H3;2-5H,1H3/b9-8-,15-7+;/t17-;/m1./s1. The van der Waals surface area contributed by atoms with Gasteiger partial charge in [-0.1, -0.05) is 48.1 Å². The highest BCUT2D eigenvalue weighted by atomic mass is 35.5. The predicted molar refractivity (Wildman–Crippen MR) is 139 cm³/mol. The van der Waals surface area contributed by atoms with Gasteiger partial charge in [-0.05, 0) is 51.6 Å². The normalized spacial score (nSPS) is 12.0. The van der Waals surface area contributed by atoms with Gasteiger partial charge < -0.3 is 19.5 Å². The van der Waals surface area contributed by atoms with Crippen LogP contribution in [0.4, 0.5) is 0 Å². The lowest BCUT2D eigenvalue weighted by atomic mass is 10.0. The number of nitrogens with zero attached hydrogens (tertiary/aromatic N) is 3. The third-order valence-electron chi connectivity index (χ3n) is 5.22. The van der Waals surface area contributed by atoms with Crippen molar-refractivity contribution in [1.29, 1.82) is 0 Å². The maximum absolute atomic E-state index is 13.0. The lowest BCUT2D eigenvalue weighted by Gasteiger charge is -2.29. The van der Waals surface area contributed by atoms with E-state index in [-0.39, 0.29) is 17.1 Å². The fourth-order valence-electron chi connectivity index (χ4n) is 3.16. The number of carbonyl (C=O) groups is 2. The summed E-state index contributed by atoms with van der Waals surface area (Å²) in [7, 11) is 7.05. The molecule has 0 fully saturated rings. The number of rotatable bonds is 11. The first kappa shape index (κ1) is 28.9. The van der Waals surface area contributed by atoms with Gasteiger partial charge in [0, 0.05) is 38.0 Å². The number of carbonyl (C=O) groups excluding carboxylic acids is 2. The molecule has 0 aromatic carbocycles. The van der Waals surface area contributed by atoms with Crippen LogP contribution in [0.5, 0.6) is 5.88 Å². The second-order valence-corrected chi connectivity index (χ2v) is 7.89. The van der Waals surface area contributed by atoms with Gasteiger partial charge in [0.25, 0.3) is 5.91 Å². The smallest absolute Gasteiger partial charge is 0.254 e. The number of nitrogens with one attached hydrogen (secondary N) is 1. The third-order valence-corrected chi connectivity index (χ3v) is 5.41. The quantitative estimate of drug-likeness (QED) is 0.283. The minimum Gasteiger partial charge on any atom is -0.481 e. The number of halogens is 1. The molecule has 0 saturated carbocycles. The van der Waals surface area contributed by atoms with E-state index in [1.165, 1.54) is 7.11 Å². The first-order valence-electron chi connectivity index (χ1n) is 10.9. The molecule has 8 heteroatoms. The van der Waals surface area contributed by atoms with Gasteiger partial charge in [-0.15, -0.1) is 0 Å². The summed E-state index contributed by atoms with van der Waals surface area (Å²) in [5.41, 5.74) is 2.32. The van der Waals surface area contributed by atoms with E-state index in [4.69, 9.17) is 16.3 Å². The number of amides is 1. The summed E-state index contributed by atoms with van der Waals surface area (Å²) >= 11 is 6.01. The lowest BCUT2D eigenvalue weighted by molar-refractivity contribution is 0.0723. The summed E-state index contributed by atoms with van der Waals surface area (Å²) in [6.45, 7) is 6.51. The Morgan fingerprint density at radius 1 is 1.41 bits per heavy atom. The Bertz CT molecular complexity index is 998. The molecule has 0 spiro atoms. The Morgan fingerprint density at radius 2 is 2.15 bits per heavy atom.